The van der Waals surface area contributed by atoms with Crippen molar-refractivity contribution in [1.82, 2.24) is 15.0 Å². The van der Waals surface area contributed by atoms with Gasteiger partial charge in [-0.25, -0.2) is 0 Å². The fraction of sp³-hybridized carbons (Fsp3) is 0.269. The number of likely N-dealkylation sites (tertiary alicyclic amines) is 1. The highest BCUT2D eigenvalue weighted by Crippen LogP contribution is 2.34. The monoisotopic (exact) mass is 524 g/mol. The van der Waals surface area contributed by atoms with Gasteiger partial charge in [0, 0.05) is 17.6 Å². The summed E-state index contributed by atoms with van der Waals surface area (Å²) in [5.41, 5.74) is 0.518. The van der Waals surface area contributed by atoms with Gasteiger partial charge in [-0.2, -0.15) is 4.98 Å². The van der Waals surface area contributed by atoms with Crippen molar-refractivity contribution in [3.8, 4) is 28.0 Å². The van der Waals surface area contributed by atoms with Gasteiger partial charge in [-0.1, -0.05) is 28.9 Å². The fourth-order valence-electron chi connectivity index (χ4n) is 4.14. The number of thiophene rings is 1. The number of methoxy groups -OCH3 is 1. The molecule has 2 aromatic carbocycles. The van der Waals surface area contributed by atoms with Gasteiger partial charge in [0.25, 0.3) is 0 Å². The van der Waals surface area contributed by atoms with Crippen LogP contribution in [-0.4, -0.2) is 41.1 Å². The largest absolute Gasteiger partial charge is 0.497 e. The normalized spacial score (nSPS) is 16.0. The second-order valence-corrected chi connectivity index (χ2v) is 9.86. The number of rotatable bonds is 8. The Morgan fingerprint density at radius 2 is 2.11 bits per heavy atom. The predicted molar refractivity (Wildman–Crippen MR) is 139 cm³/mol. The first-order valence-electron chi connectivity index (χ1n) is 11.6. The van der Waals surface area contributed by atoms with Crippen LogP contribution in [0, 0.1) is 5.92 Å². The minimum absolute atomic E-state index is 0.0812. The number of carbonyl (C=O) groups excluding carboxylic acids is 1. The first kappa shape index (κ1) is 24.3. The highest BCUT2D eigenvalue weighted by Gasteiger charge is 2.28. The van der Waals surface area contributed by atoms with E-state index in [1.165, 1.54) is 0 Å². The average Bonchev–Trinajstić information content (AvgIpc) is 3.58. The molecule has 3 heterocycles. The van der Waals surface area contributed by atoms with Crippen LogP contribution >= 0.6 is 22.9 Å². The third kappa shape index (κ3) is 5.87. The quantitative estimate of drug-likeness (QED) is 0.297. The van der Waals surface area contributed by atoms with E-state index in [-0.39, 0.29) is 11.8 Å². The maximum atomic E-state index is 13.2. The number of ether oxygens (including phenoxy) is 2. The molecule has 0 radical (unpaired) electrons. The van der Waals surface area contributed by atoms with Gasteiger partial charge in [0.05, 0.1) is 30.1 Å². The van der Waals surface area contributed by atoms with Crippen molar-refractivity contribution in [3.63, 3.8) is 0 Å². The molecule has 8 nitrogen and oxygen atoms in total. The molecule has 5 rings (SSSR count). The lowest BCUT2D eigenvalue weighted by Gasteiger charge is -2.31. The SMILES string of the molecule is COc1cccc(Oc2ccc(Cl)cc2NC(=O)C2CCCN(Cc3nc(-c4cccs4)no3)C2)c1. The zero-order valence-corrected chi connectivity index (χ0v) is 21.2. The Balaban J connectivity index is 1.24. The van der Waals surface area contributed by atoms with Crippen LogP contribution < -0.4 is 14.8 Å². The van der Waals surface area contributed by atoms with Crippen molar-refractivity contribution in [2.75, 3.05) is 25.5 Å². The number of halogens is 1. The molecule has 1 amide bonds. The summed E-state index contributed by atoms with van der Waals surface area (Å²) in [5, 5.41) is 9.59. The average molecular weight is 525 g/mol. The van der Waals surface area contributed by atoms with Crippen molar-refractivity contribution in [2.24, 2.45) is 5.92 Å². The number of amides is 1. The molecule has 36 heavy (non-hydrogen) atoms. The molecular weight excluding hydrogens is 500 g/mol. The van der Waals surface area contributed by atoms with Crippen molar-refractivity contribution >= 4 is 34.5 Å². The van der Waals surface area contributed by atoms with Crippen molar-refractivity contribution in [3.05, 3.63) is 70.9 Å². The van der Waals surface area contributed by atoms with Gasteiger partial charge >= 0.3 is 0 Å². The van der Waals surface area contributed by atoms with Crippen LogP contribution in [0.4, 0.5) is 5.69 Å². The second-order valence-electron chi connectivity index (χ2n) is 8.47. The lowest BCUT2D eigenvalue weighted by atomic mass is 9.97. The number of carbonyl (C=O) groups is 1. The molecule has 4 aromatic rings. The number of aromatic nitrogens is 2. The molecule has 1 atom stereocenters. The minimum atomic E-state index is -0.193. The molecule has 1 aliphatic rings. The molecule has 1 N–H and O–H groups in total. The lowest BCUT2D eigenvalue weighted by molar-refractivity contribution is -0.121. The minimum Gasteiger partial charge on any atom is -0.497 e. The Morgan fingerprint density at radius 1 is 1.22 bits per heavy atom. The Labute approximate surface area is 217 Å². The standard InChI is InChI=1S/C26H25ClN4O4S/c1-33-19-6-2-7-20(14-19)34-22-10-9-18(27)13-21(22)28-26(32)17-5-3-11-31(15-17)16-24-29-25(30-35-24)23-8-4-12-36-23/h2,4,6-10,12-14,17H,3,5,11,15-16H2,1H3,(H,28,32). The maximum Gasteiger partial charge on any atom is 0.241 e. The number of hydrogen-bond acceptors (Lipinski definition) is 8. The first-order valence-corrected chi connectivity index (χ1v) is 12.8. The second kappa shape index (κ2) is 11.1. The van der Waals surface area contributed by atoms with Crippen molar-refractivity contribution in [1.29, 1.82) is 0 Å². The third-order valence-electron chi connectivity index (χ3n) is 5.91. The Morgan fingerprint density at radius 3 is 2.94 bits per heavy atom. The molecule has 1 fully saturated rings. The smallest absolute Gasteiger partial charge is 0.241 e. The van der Waals surface area contributed by atoms with E-state index in [1.54, 1.807) is 42.7 Å². The van der Waals surface area contributed by atoms with Gasteiger partial charge in [0.2, 0.25) is 17.6 Å². The molecule has 2 aromatic heterocycles. The summed E-state index contributed by atoms with van der Waals surface area (Å²) in [6.07, 6.45) is 1.69. The van der Waals surface area contributed by atoms with E-state index in [9.17, 15) is 4.79 Å². The van der Waals surface area contributed by atoms with Crippen LogP contribution in [0.15, 0.2) is 64.5 Å². The molecule has 1 aliphatic heterocycles. The Hall–Kier alpha value is -3.40. The Bertz CT molecular complexity index is 1330. The summed E-state index contributed by atoms with van der Waals surface area (Å²) >= 11 is 7.80. The van der Waals surface area contributed by atoms with E-state index in [1.807, 2.05) is 35.7 Å². The molecule has 1 saturated heterocycles. The number of nitrogens with zero attached hydrogens (tertiary/aromatic N) is 3. The molecule has 1 unspecified atom stereocenters. The zero-order chi connectivity index (χ0) is 24.9. The summed E-state index contributed by atoms with van der Waals surface area (Å²) in [6.45, 7) is 1.96. The lowest BCUT2D eigenvalue weighted by Crippen LogP contribution is -2.40. The van der Waals surface area contributed by atoms with Crippen LogP contribution in [0.3, 0.4) is 0 Å². The summed E-state index contributed by atoms with van der Waals surface area (Å²) in [6, 6.07) is 16.4. The van der Waals surface area contributed by atoms with Gasteiger partial charge < -0.3 is 19.3 Å². The van der Waals surface area contributed by atoms with Crippen LogP contribution in [-0.2, 0) is 11.3 Å². The van der Waals surface area contributed by atoms with E-state index < -0.39 is 0 Å². The van der Waals surface area contributed by atoms with Gasteiger partial charge in [-0.3, -0.25) is 9.69 Å². The molecule has 10 heteroatoms. The maximum absolute atomic E-state index is 13.2. The van der Waals surface area contributed by atoms with Gasteiger partial charge in [0.15, 0.2) is 5.75 Å². The van der Waals surface area contributed by atoms with Crippen LogP contribution in [0.25, 0.3) is 10.7 Å². The van der Waals surface area contributed by atoms with Gasteiger partial charge in [-0.15, -0.1) is 11.3 Å². The molecule has 0 spiro atoms. The summed E-state index contributed by atoms with van der Waals surface area (Å²) < 4.78 is 16.8. The first-order chi connectivity index (χ1) is 17.6. The van der Waals surface area contributed by atoms with Crippen LogP contribution in [0.5, 0.6) is 17.2 Å². The van der Waals surface area contributed by atoms with E-state index in [4.69, 9.17) is 25.6 Å². The topological polar surface area (TPSA) is 89.7 Å². The van der Waals surface area contributed by atoms with E-state index >= 15 is 0 Å². The number of anilines is 1. The number of benzene rings is 2. The molecule has 0 saturated carbocycles. The number of nitrogens with one attached hydrogen (secondary N) is 1. The van der Waals surface area contributed by atoms with E-state index in [0.717, 1.165) is 24.3 Å². The van der Waals surface area contributed by atoms with Gasteiger partial charge in [-0.05, 0) is 61.2 Å². The fourth-order valence-corrected chi connectivity index (χ4v) is 4.97. The molecular formula is C26H25ClN4O4S. The van der Waals surface area contributed by atoms with Crippen LogP contribution in [0.2, 0.25) is 5.02 Å². The number of hydrogen-bond donors (Lipinski definition) is 1. The highest BCUT2D eigenvalue weighted by molar-refractivity contribution is 7.13. The predicted octanol–water partition coefficient (Wildman–Crippen LogP) is 6.10. The molecule has 186 valence electrons. The molecule has 0 aliphatic carbocycles. The third-order valence-corrected chi connectivity index (χ3v) is 7.01. The van der Waals surface area contributed by atoms with E-state index in [2.05, 4.69) is 20.4 Å². The Kier molecular flexibility index (Phi) is 7.50. The zero-order valence-electron chi connectivity index (χ0n) is 19.6. The summed E-state index contributed by atoms with van der Waals surface area (Å²) in [5.74, 6) is 2.64. The summed E-state index contributed by atoms with van der Waals surface area (Å²) in [7, 11) is 1.60. The van der Waals surface area contributed by atoms with Crippen LogP contribution in [0.1, 0.15) is 18.7 Å². The summed E-state index contributed by atoms with van der Waals surface area (Å²) in [4.78, 5) is 20.9. The van der Waals surface area contributed by atoms with Gasteiger partial charge in [0.1, 0.15) is 11.5 Å². The molecule has 0 bridgehead atoms. The van der Waals surface area contributed by atoms with E-state index in [0.29, 0.717) is 52.8 Å². The highest BCUT2D eigenvalue weighted by atomic mass is 35.5. The van der Waals surface area contributed by atoms with Crippen molar-refractivity contribution in [2.45, 2.75) is 19.4 Å². The van der Waals surface area contributed by atoms with Crippen molar-refractivity contribution < 1.29 is 18.8 Å². The number of piperidine rings is 1.